The molecule has 6 heteroatoms. The smallest absolute Gasteiger partial charge is 0.338 e. The summed E-state index contributed by atoms with van der Waals surface area (Å²) in [6.45, 7) is 0. The minimum Gasteiger partial charge on any atom is -0.479 e. The minimum absolute atomic E-state index is 0.0453. The van der Waals surface area contributed by atoms with Crippen LogP contribution in [0.15, 0.2) is 30.3 Å². The van der Waals surface area contributed by atoms with Crippen LogP contribution in [0.2, 0.25) is 0 Å². The van der Waals surface area contributed by atoms with E-state index in [2.05, 4.69) is 0 Å². The van der Waals surface area contributed by atoms with Gasteiger partial charge in [0.15, 0.2) is 6.10 Å². The first-order chi connectivity index (χ1) is 9.98. The van der Waals surface area contributed by atoms with Gasteiger partial charge in [0.05, 0.1) is 6.16 Å². The van der Waals surface area contributed by atoms with Crippen LogP contribution in [0.3, 0.4) is 0 Å². The first-order valence-corrected chi connectivity index (χ1v) is 9.02. The minimum atomic E-state index is -3.92. The third-order valence-corrected chi connectivity index (χ3v) is 5.33. The van der Waals surface area contributed by atoms with Gasteiger partial charge < -0.3 is 10.00 Å². The van der Waals surface area contributed by atoms with Gasteiger partial charge in [0.1, 0.15) is 0 Å². The number of benzene rings is 1. The molecule has 2 unspecified atom stereocenters. The summed E-state index contributed by atoms with van der Waals surface area (Å²) in [6, 6.07) is 8.28. The van der Waals surface area contributed by atoms with E-state index in [4.69, 9.17) is 4.52 Å². The van der Waals surface area contributed by atoms with Gasteiger partial charge >= 0.3 is 13.6 Å². The van der Waals surface area contributed by atoms with Crippen LogP contribution in [-0.4, -0.2) is 22.1 Å². The van der Waals surface area contributed by atoms with E-state index in [9.17, 15) is 19.4 Å². The molecule has 0 bridgehead atoms. The van der Waals surface area contributed by atoms with Gasteiger partial charge in [-0.3, -0.25) is 9.09 Å². The lowest BCUT2D eigenvalue weighted by Gasteiger charge is -2.25. The highest BCUT2D eigenvalue weighted by Gasteiger charge is 2.33. The van der Waals surface area contributed by atoms with Crippen molar-refractivity contribution in [1.29, 1.82) is 0 Å². The van der Waals surface area contributed by atoms with E-state index in [1.165, 1.54) is 0 Å². The third-order valence-electron chi connectivity index (χ3n) is 3.81. The largest absolute Gasteiger partial charge is 0.479 e. The second-order valence-corrected chi connectivity index (χ2v) is 7.41. The first-order valence-electron chi connectivity index (χ1n) is 7.26. The average Bonchev–Trinajstić information content (AvgIpc) is 2.46. The molecule has 21 heavy (non-hydrogen) atoms. The molecule has 2 N–H and O–H groups in total. The fraction of sp³-hybridized carbons (Fsp3) is 0.533. The van der Waals surface area contributed by atoms with Gasteiger partial charge in [-0.2, -0.15) is 0 Å². The summed E-state index contributed by atoms with van der Waals surface area (Å²) in [5.74, 6) is -1.10. The van der Waals surface area contributed by atoms with Crippen LogP contribution in [0.1, 0.15) is 43.8 Å². The van der Waals surface area contributed by atoms with Crippen molar-refractivity contribution >= 4 is 13.6 Å². The topological polar surface area (TPSA) is 83.8 Å². The summed E-state index contributed by atoms with van der Waals surface area (Å²) in [5.41, 5.74) is 0.378. The molecule has 1 saturated carbocycles. The zero-order valence-corrected chi connectivity index (χ0v) is 12.7. The first kappa shape index (κ1) is 16.2. The molecule has 0 radical (unpaired) electrons. The molecular formula is C15H21O5P. The highest BCUT2D eigenvalue weighted by atomic mass is 31.2. The zero-order chi connectivity index (χ0) is 15.3. The normalized spacial score (nSPS) is 20.6. The maximum Gasteiger partial charge on any atom is 0.338 e. The second-order valence-electron chi connectivity index (χ2n) is 5.56. The molecule has 2 atom stereocenters. The zero-order valence-electron chi connectivity index (χ0n) is 11.9. The second kappa shape index (κ2) is 7.21. The van der Waals surface area contributed by atoms with Crippen LogP contribution in [-0.2, 0) is 13.9 Å². The summed E-state index contributed by atoms with van der Waals surface area (Å²) in [6.07, 6.45) is 3.76. The quantitative estimate of drug-likeness (QED) is 0.784. The van der Waals surface area contributed by atoms with Crippen LogP contribution in [0.5, 0.6) is 0 Å². The highest BCUT2D eigenvalue weighted by Crippen LogP contribution is 2.50. The van der Waals surface area contributed by atoms with Crippen LogP contribution in [0.25, 0.3) is 0 Å². The lowest BCUT2D eigenvalue weighted by atomic mass is 9.91. The van der Waals surface area contributed by atoms with Gasteiger partial charge in [-0.25, -0.2) is 4.79 Å². The predicted octanol–water partition coefficient (Wildman–Crippen LogP) is 3.59. The molecule has 0 saturated heterocycles. The van der Waals surface area contributed by atoms with Crippen LogP contribution in [0, 0.1) is 5.92 Å². The molecule has 0 heterocycles. The van der Waals surface area contributed by atoms with Gasteiger partial charge in [0.25, 0.3) is 0 Å². The summed E-state index contributed by atoms with van der Waals surface area (Å²) in [4.78, 5) is 21.3. The van der Waals surface area contributed by atoms with E-state index in [0.717, 1.165) is 32.1 Å². The van der Waals surface area contributed by atoms with E-state index in [1.54, 1.807) is 30.3 Å². The number of carboxylic acids is 1. The maximum atomic E-state index is 12.2. The average molecular weight is 312 g/mol. The number of carbonyl (C=O) groups is 1. The molecule has 2 rings (SSSR count). The van der Waals surface area contributed by atoms with Gasteiger partial charge in [-0.05, 0) is 24.3 Å². The molecule has 0 aliphatic heterocycles. The summed E-state index contributed by atoms with van der Waals surface area (Å²) in [7, 11) is -3.92. The molecule has 0 spiro atoms. The van der Waals surface area contributed by atoms with Crippen LogP contribution in [0.4, 0.5) is 0 Å². The lowest BCUT2D eigenvalue weighted by molar-refractivity contribution is -0.145. The molecule has 116 valence electrons. The Morgan fingerprint density at radius 2 is 1.86 bits per heavy atom. The molecule has 1 aliphatic rings. The van der Waals surface area contributed by atoms with E-state index in [0.29, 0.717) is 5.56 Å². The fourth-order valence-corrected chi connectivity index (χ4v) is 4.43. The Bertz CT molecular complexity index is 510. The van der Waals surface area contributed by atoms with Crippen molar-refractivity contribution < 1.29 is 23.9 Å². The highest BCUT2D eigenvalue weighted by molar-refractivity contribution is 7.52. The number of hydrogen-bond donors (Lipinski definition) is 2. The Hall–Kier alpha value is -1.16. The lowest BCUT2D eigenvalue weighted by Crippen LogP contribution is -2.18. The molecular weight excluding hydrogens is 291 g/mol. The van der Waals surface area contributed by atoms with Gasteiger partial charge in [0.2, 0.25) is 0 Å². The molecule has 0 aromatic heterocycles. The number of aliphatic carboxylic acids is 1. The molecule has 1 aromatic rings. The van der Waals surface area contributed by atoms with Crippen molar-refractivity contribution in [3.63, 3.8) is 0 Å². The monoisotopic (exact) mass is 312 g/mol. The number of rotatable bonds is 6. The Morgan fingerprint density at radius 3 is 2.43 bits per heavy atom. The van der Waals surface area contributed by atoms with Crippen molar-refractivity contribution in [1.82, 2.24) is 0 Å². The SMILES string of the molecule is O=C(O)C(OP(=O)(O)CC1CCCCC1)c1ccccc1. The molecule has 1 fully saturated rings. The molecule has 5 nitrogen and oxygen atoms in total. The Kier molecular flexibility index (Phi) is 5.57. The van der Waals surface area contributed by atoms with E-state index in [1.807, 2.05) is 0 Å². The Balaban J connectivity index is 2.05. The van der Waals surface area contributed by atoms with Gasteiger partial charge in [-0.1, -0.05) is 49.6 Å². The molecule has 1 aliphatic carbocycles. The van der Waals surface area contributed by atoms with Crippen molar-refractivity contribution in [2.75, 3.05) is 6.16 Å². The van der Waals surface area contributed by atoms with Crippen LogP contribution >= 0.6 is 7.60 Å². The summed E-state index contributed by atoms with van der Waals surface area (Å²) < 4.78 is 17.3. The van der Waals surface area contributed by atoms with Gasteiger partial charge in [0, 0.05) is 0 Å². The Labute approximate surface area is 124 Å². The predicted molar refractivity (Wildman–Crippen MR) is 79.2 cm³/mol. The maximum absolute atomic E-state index is 12.2. The van der Waals surface area contributed by atoms with Crippen molar-refractivity contribution in [3.8, 4) is 0 Å². The molecule has 0 amide bonds. The van der Waals surface area contributed by atoms with Crippen molar-refractivity contribution in [3.05, 3.63) is 35.9 Å². The van der Waals surface area contributed by atoms with E-state index >= 15 is 0 Å². The van der Waals surface area contributed by atoms with E-state index < -0.39 is 19.7 Å². The van der Waals surface area contributed by atoms with Crippen molar-refractivity contribution in [2.24, 2.45) is 5.92 Å². The fourth-order valence-electron chi connectivity index (χ4n) is 2.78. The summed E-state index contributed by atoms with van der Waals surface area (Å²) >= 11 is 0. The van der Waals surface area contributed by atoms with Gasteiger partial charge in [-0.15, -0.1) is 0 Å². The Morgan fingerprint density at radius 1 is 1.24 bits per heavy atom. The number of carboxylic acid groups (broad SMARTS) is 1. The molecule has 1 aromatic carbocycles. The standard InChI is InChI=1S/C15H21O5P/c16-15(17)14(13-9-5-2-6-10-13)20-21(18,19)11-12-7-3-1-4-8-12/h2,5-6,9-10,12,14H,1,3-4,7-8,11H2,(H,16,17)(H,18,19). The van der Waals surface area contributed by atoms with E-state index in [-0.39, 0.29) is 12.1 Å². The third kappa shape index (κ3) is 4.95. The van der Waals surface area contributed by atoms with Crippen LogP contribution < -0.4 is 0 Å². The number of hydrogen-bond acceptors (Lipinski definition) is 3. The van der Waals surface area contributed by atoms with Crippen molar-refractivity contribution in [2.45, 2.75) is 38.2 Å². The summed E-state index contributed by atoms with van der Waals surface area (Å²) in [5, 5.41) is 9.24.